The minimum atomic E-state index is -0.344. The molecule has 1 aromatic carbocycles. The molecule has 0 radical (unpaired) electrons. The van der Waals surface area contributed by atoms with Crippen LogP contribution >= 0.6 is 0 Å². The highest BCUT2D eigenvalue weighted by molar-refractivity contribution is 5.47. The van der Waals surface area contributed by atoms with E-state index in [1.807, 2.05) is 19.1 Å². The third kappa shape index (κ3) is 1.99. The maximum Gasteiger partial charge on any atom is 0.187 e. The van der Waals surface area contributed by atoms with Crippen LogP contribution in [-0.4, -0.2) is 27.4 Å². The predicted molar refractivity (Wildman–Crippen MR) is 58.9 cm³/mol. The van der Waals surface area contributed by atoms with E-state index in [2.05, 4.69) is 0 Å². The van der Waals surface area contributed by atoms with Gasteiger partial charge in [-0.2, -0.15) is 0 Å². The molecule has 2 rings (SSSR count). The fraction of sp³-hybridized carbons (Fsp3) is 0.500. The number of methoxy groups -OCH3 is 2. The van der Waals surface area contributed by atoms with E-state index in [9.17, 15) is 0 Å². The summed E-state index contributed by atoms with van der Waals surface area (Å²) >= 11 is 0. The van der Waals surface area contributed by atoms with Gasteiger partial charge in [-0.15, -0.1) is 0 Å². The SMILES string of the molecule is COc1cc(C)c(OC)c(C2OCCO2)c1. The van der Waals surface area contributed by atoms with Gasteiger partial charge in [0.2, 0.25) is 0 Å². The Labute approximate surface area is 95.1 Å². The fourth-order valence-electron chi connectivity index (χ4n) is 1.88. The maximum absolute atomic E-state index is 5.48. The molecular formula is C12H16O4. The average Bonchev–Trinajstić information content (AvgIpc) is 2.81. The van der Waals surface area contributed by atoms with Crippen molar-refractivity contribution in [2.24, 2.45) is 0 Å². The molecule has 1 saturated heterocycles. The Bertz CT molecular complexity index is 370. The fourth-order valence-corrected chi connectivity index (χ4v) is 1.88. The van der Waals surface area contributed by atoms with Crippen LogP contribution in [0.15, 0.2) is 12.1 Å². The highest BCUT2D eigenvalue weighted by Gasteiger charge is 2.24. The zero-order chi connectivity index (χ0) is 11.5. The summed E-state index contributed by atoms with van der Waals surface area (Å²) in [6.45, 7) is 3.20. The van der Waals surface area contributed by atoms with Gasteiger partial charge in [-0.1, -0.05) is 0 Å². The summed E-state index contributed by atoms with van der Waals surface area (Å²) < 4.78 is 21.6. The zero-order valence-electron chi connectivity index (χ0n) is 9.78. The summed E-state index contributed by atoms with van der Waals surface area (Å²) in [6, 6.07) is 3.82. The molecule has 0 spiro atoms. The summed E-state index contributed by atoms with van der Waals surface area (Å²) in [7, 11) is 3.29. The normalized spacial score (nSPS) is 16.4. The van der Waals surface area contributed by atoms with Gasteiger partial charge in [0.1, 0.15) is 11.5 Å². The average molecular weight is 224 g/mol. The van der Waals surface area contributed by atoms with Gasteiger partial charge in [0.25, 0.3) is 0 Å². The molecule has 0 N–H and O–H groups in total. The molecule has 1 fully saturated rings. The number of hydrogen-bond donors (Lipinski definition) is 0. The van der Waals surface area contributed by atoms with Gasteiger partial charge in [0.15, 0.2) is 6.29 Å². The summed E-state index contributed by atoms with van der Waals surface area (Å²) in [4.78, 5) is 0. The molecule has 88 valence electrons. The molecule has 4 heteroatoms. The van der Waals surface area contributed by atoms with Crippen LogP contribution in [0, 0.1) is 6.92 Å². The van der Waals surface area contributed by atoms with Gasteiger partial charge in [0, 0.05) is 0 Å². The maximum atomic E-state index is 5.48. The van der Waals surface area contributed by atoms with Crippen molar-refractivity contribution in [3.63, 3.8) is 0 Å². The molecule has 0 unspecified atom stereocenters. The van der Waals surface area contributed by atoms with Gasteiger partial charge in [-0.05, 0) is 24.6 Å². The van der Waals surface area contributed by atoms with Crippen molar-refractivity contribution in [1.82, 2.24) is 0 Å². The molecular weight excluding hydrogens is 208 g/mol. The third-order valence-corrected chi connectivity index (χ3v) is 2.59. The van der Waals surface area contributed by atoms with Crippen LogP contribution in [0.4, 0.5) is 0 Å². The molecule has 1 aromatic rings. The monoisotopic (exact) mass is 224 g/mol. The molecule has 4 nitrogen and oxygen atoms in total. The first-order valence-corrected chi connectivity index (χ1v) is 5.22. The first-order valence-electron chi connectivity index (χ1n) is 5.22. The second-order valence-electron chi connectivity index (χ2n) is 3.64. The van der Waals surface area contributed by atoms with Crippen LogP contribution in [0.5, 0.6) is 11.5 Å². The smallest absolute Gasteiger partial charge is 0.187 e. The summed E-state index contributed by atoms with van der Waals surface area (Å²) in [5, 5.41) is 0. The van der Waals surface area contributed by atoms with E-state index in [1.54, 1.807) is 14.2 Å². The highest BCUT2D eigenvalue weighted by atomic mass is 16.7. The molecule has 0 amide bonds. The van der Waals surface area contributed by atoms with Gasteiger partial charge < -0.3 is 18.9 Å². The van der Waals surface area contributed by atoms with Crippen molar-refractivity contribution in [3.05, 3.63) is 23.3 Å². The van der Waals surface area contributed by atoms with Crippen LogP contribution in [-0.2, 0) is 9.47 Å². The van der Waals surface area contributed by atoms with Crippen molar-refractivity contribution >= 4 is 0 Å². The van der Waals surface area contributed by atoms with Crippen molar-refractivity contribution in [1.29, 1.82) is 0 Å². The van der Waals surface area contributed by atoms with Gasteiger partial charge in [-0.3, -0.25) is 0 Å². The first kappa shape index (κ1) is 11.2. The molecule has 0 saturated carbocycles. The zero-order valence-corrected chi connectivity index (χ0v) is 9.78. The van der Waals surface area contributed by atoms with Crippen molar-refractivity contribution in [2.75, 3.05) is 27.4 Å². The summed E-state index contributed by atoms with van der Waals surface area (Å²) in [5.41, 5.74) is 1.90. The van der Waals surface area contributed by atoms with Crippen LogP contribution in [0.2, 0.25) is 0 Å². The first-order chi connectivity index (χ1) is 7.76. The molecule has 0 aromatic heterocycles. The molecule has 0 bridgehead atoms. The van der Waals surface area contributed by atoms with Gasteiger partial charge in [-0.25, -0.2) is 0 Å². The lowest BCUT2D eigenvalue weighted by Gasteiger charge is -2.17. The highest BCUT2D eigenvalue weighted by Crippen LogP contribution is 2.36. The van der Waals surface area contributed by atoms with E-state index < -0.39 is 0 Å². The predicted octanol–water partition coefficient (Wildman–Crippen LogP) is 2.06. The van der Waals surface area contributed by atoms with E-state index in [1.165, 1.54) is 0 Å². The number of aryl methyl sites for hydroxylation is 1. The van der Waals surface area contributed by atoms with Crippen LogP contribution in [0.3, 0.4) is 0 Å². The molecule has 1 heterocycles. The van der Waals surface area contributed by atoms with E-state index in [0.29, 0.717) is 13.2 Å². The van der Waals surface area contributed by atoms with Crippen LogP contribution in [0.25, 0.3) is 0 Å². The molecule has 1 aliphatic heterocycles. The Hall–Kier alpha value is -1.26. The number of rotatable bonds is 3. The summed E-state index contributed by atoms with van der Waals surface area (Å²) in [6.07, 6.45) is -0.344. The molecule has 16 heavy (non-hydrogen) atoms. The molecule has 1 aliphatic rings. The van der Waals surface area contributed by atoms with Crippen LogP contribution < -0.4 is 9.47 Å². The lowest BCUT2D eigenvalue weighted by Crippen LogP contribution is -2.03. The number of hydrogen-bond acceptors (Lipinski definition) is 4. The molecule has 0 atom stereocenters. The Balaban J connectivity index is 2.42. The summed E-state index contributed by atoms with van der Waals surface area (Å²) in [5.74, 6) is 1.58. The Morgan fingerprint density at radius 3 is 2.38 bits per heavy atom. The van der Waals surface area contributed by atoms with Crippen LogP contribution in [0.1, 0.15) is 17.4 Å². The standard InChI is InChI=1S/C12H16O4/c1-8-6-9(13-2)7-10(11(8)14-3)12-15-4-5-16-12/h6-7,12H,4-5H2,1-3H3. The Kier molecular flexibility index (Phi) is 3.31. The quantitative estimate of drug-likeness (QED) is 0.787. The lowest BCUT2D eigenvalue weighted by molar-refractivity contribution is -0.0456. The van der Waals surface area contributed by atoms with E-state index >= 15 is 0 Å². The van der Waals surface area contributed by atoms with E-state index in [0.717, 1.165) is 22.6 Å². The number of ether oxygens (including phenoxy) is 4. The Morgan fingerprint density at radius 2 is 1.81 bits per heavy atom. The minimum Gasteiger partial charge on any atom is -0.497 e. The van der Waals surface area contributed by atoms with Crippen molar-refractivity contribution < 1.29 is 18.9 Å². The topological polar surface area (TPSA) is 36.9 Å². The minimum absolute atomic E-state index is 0.344. The van der Waals surface area contributed by atoms with Gasteiger partial charge in [0.05, 0.1) is 33.0 Å². The third-order valence-electron chi connectivity index (χ3n) is 2.59. The second-order valence-corrected chi connectivity index (χ2v) is 3.64. The van der Waals surface area contributed by atoms with Crippen molar-refractivity contribution in [3.8, 4) is 11.5 Å². The van der Waals surface area contributed by atoms with E-state index in [4.69, 9.17) is 18.9 Å². The second kappa shape index (κ2) is 4.72. The van der Waals surface area contributed by atoms with E-state index in [-0.39, 0.29) is 6.29 Å². The Morgan fingerprint density at radius 1 is 1.12 bits per heavy atom. The van der Waals surface area contributed by atoms with Crippen molar-refractivity contribution in [2.45, 2.75) is 13.2 Å². The number of benzene rings is 1. The molecule has 0 aliphatic carbocycles. The largest absolute Gasteiger partial charge is 0.497 e. The lowest BCUT2D eigenvalue weighted by atomic mass is 10.1. The van der Waals surface area contributed by atoms with Gasteiger partial charge >= 0.3 is 0 Å².